The number of carbonyl (C=O) groups excluding carboxylic acids is 1. The van der Waals surface area contributed by atoms with Crippen LogP contribution in [-0.2, 0) is 4.79 Å². The molecule has 0 radical (unpaired) electrons. The van der Waals surface area contributed by atoms with E-state index in [0.29, 0.717) is 10.8 Å². The average Bonchev–Trinajstić information content (AvgIpc) is 3.01. The molecule has 0 spiro atoms. The standard InChI is InChI=1S/C18H21FN2O2S2/c1-11-10-24-18(20-11)25-15-8-6-14(7-9-15)21-17(23)16(22)12-2-4-13(19)5-3-12/h2-5,10,14-16,22H,6-9H2,1H3,(H,21,23). The molecule has 1 amide bonds. The van der Waals surface area contributed by atoms with Gasteiger partial charge in [-0.1, -0.05) is 23.9 Å². The number of hydrogen-bond donors (Lipinski definition) is 2. The van der Waals surface area contributed by atoms with E-state index < -0.39 is 12.0 Å². The van der Waals surface area contributed by atoms with E-state index in [-0.39, 0.29) is 11.9 Å². The zero-order valence-corrected chi connectivity index (χ0v) is 15.6. The summed E-state index contributed by atoms with van der Waals surface area (Å²) in [4.78, 5) is 16.7. The van der Waals surface area contributed by atoms with Crippen LogP contribution in [0.25, 0.3) is 0 Å². The highest BCUT2D eigenvalue weighted by molar-refractivity contribution is 8.01. The monoisotopic (exact) mass is 380 g/mol. The van der Waals surface area contributed by atoms with E-state index in [1.54, 1.807) is 11.3 Å². The number of benzene rings is 1. The van der Waals surface area contributed by atoms with E-state index in [9.17, 15) is 14.3 Å². The lowest BCUT2D eigenvalue weighted by atomic mass is 9.94. The molecule has 1 aromatic heterocycles. The Hall–Kier alpha value is -1.44. The maximum atomic E-state index is 12.9. The normalized spacial score (nSPS) is 21.7. The van der Waals surface area contributed by atoms with E-state index in [4.69, 9.17) is 0 Å². The molecule has 1 fully saturated rings. The van der Waals surface area contributed by atoms with E-state index in [2.05, 4.69) is 15.7 Å². The molecule has 7 heteroatoms. The number of aliphatic hydroxyl groups is 1. The Labute approximate surface area is 154 Å². The quantitative estimate of drug-likeness (QED) is 0.827. The minimum Gasteiger partial charge on any atom is -0.378 e. The van der Waals surface area contributed by atoms with Gasteiger partial charge >= 0.3 is 0 Å². The highest BCUT2D eigenvalue weighted by atomic mass is 32.2. The van der Waals surface area contributed by atoms with Crippen molar-refractivity contribution < 1.29 is 14.3 Å². The Morgan fingerprint density at radius 2 is 2.00 bits per heavy atom. The second kappa shape index (κ2) is 8.29. The van der Waals surface area contributed by atoms with Crippen LogP contribution in [0.4, 0.5) is 4.39 Å². The lowest BCUT2D eigenvalue weighted by Gasteiger charge is -2.29. The molecular formula is C18H21FN2O2S2. The zero-order chi connectivity index (χ0) is 17.8. The van der Waals surface area contributed by atoms with Crippen molar-refractivity contribution in [3.8, 4) is 0 Å². The number of nitrogens with zero attached hydrogens (tertiary/aromatic N) is 1. The van der Waals surface area contributed by atoms with Gasteiger partial charge in [0, 0.05) is 22.4 Å². The Balaban J connectivity index is 1.46. The molecular weight excluding hydrogens is 359 g/mol. The van der Waals surface area contributed by atoms with Crippen molar-refractivity contribution in [3.63, 3.8) is 0 Å². The second-order valence-corrected chi connectivity index (χ2v) is 8.71. The number of nitrogens with one attached hydrogen (secondary N) is 1. The predicted molar refractivity (Wildman–Crippen MR) is 98.3 cm³/mol. The number of aromatic nitrogens is 1. The molecule has 3 rings (SSSR count). The van der Waals surface area contributed by atoms with Gasteiger partial charge in [0.05, 0.1) is 0 Å². The van der Waals surface area contributed by atoms with Gasteiger partial charge in [-0.25, -0.2) is 9.37 Å². The lowest BCUT2D eigenvalue weighted by Crippen LogP contribution is -2.40. The third kappa shape index (κ3) is 5.03. The van der Waals surface area contributed by atoms with Crippen LogP contribution in [0.1, 0.15) is 43.0 Å². The van der Waals surface area contributed by atoms with Crippen molar-refractivity contribution in [2.24, 2.45) is 0 Å². The molecule has 0 aliphatic heterocycles. The molecule has 2 aromatic rings. The summed E-state index contributed by atoms with van der Waals surface area (Å²) >= 11 is 3.50. The first kappa shape index (κ1) is 18.4. The number of aliphatic hydroxyl groups excluding tert-OH is 1. The van der Waals surface area contributed by atoms with Crippen LogP contribution in [0.15, 0.2) is 34.0 Å². The fourth-order valence-corrected chi connectivity index (χ4v) is 5.22. The van der Waals surface area contributed by atoms with Crippen molar-refractivity contribution >= 4 is 29.0 Å². The molecule has 1 aliphatic rings. The fourth-order valence-electron chi connectivity index (χ4n) is 2.93. The van der Waals surface area contributed by atoms with E-state index >= 15 is 0 Å². The number of thiazole rings is 1. The third-order valence-corrected chi connectivity index (χ3v) is 6.75. The highest BCUT2D eigenvalue weighted by Gasteiger charge is 2.26. The van der Waals surface area contributed by atoms with Gasteiger partial charge in [0.15, 0.2) is 6.10 Å². The maximum absolute atomic E-state index is 12.9. The van der Waals surface area contributed by atoms with E-state index in [0.717, 1.165) is 35.7 Å². The van der Waals surface area contributed by atoms with Gasteiger partial charge in [0.1, 0.15) is 10.2 Å². The summed E-state index contributed by atoms with van der Waals surface area (Å²) < 4.78 is 14.0. The number of carbonyl (C=O) groups is 1. The first-order valence-electron chi connectivity index (χ1n) is 8.34. The molecule has 1 saturated carbocycles. The molecule has 1 aliphatic carbocycles. The zero-order valence-electron chi connectivity index (χ0n) is 13.9. The molecule has 1 unspecified atom stereocenters. The van der Waals surface area contributed by atoms with Gasteiger partial charge in [-0.3, -0.25) is 4.79 Å². The number of amides is 1. The van der Waals surface area contributed by atoms with Crippen LogP contribution in [-0.4, -0.2) is 27.3 Å². The summed E-state index contributed by atoms with van der Waals surface area (Å²) in [6.45, 7) is 2.00. The Kier molecular flexibility index (Phi) is 6.09. The first-order chi connectivity index (χ1) is 12.0. The van der Waals surface area contributed by atoms with Crippen molar-refractivity contribution in [2.45, 2.75) is 54.3 Å². The number of aryl methyl sites for hydroxylation is 1. The predicted octanol–water partition coefficient (Wildman–Crippen LogP) is 3.84. The average molecular weight is 381 g/mol. The fraction of sp³-hybridized carbons (Fsp3) is 0.444. The molecule has 25 heavy (non-hydrogen) atoms. The number of halogens is 1. The minimum atomic E-state index is -1.26. The minimum absolute atomic E-state index is 0.0810. The number of rotatable bonds is 5. The molecule has 4 nitrogen and oxygen atoms in total. The van der Waals surface area contributed by atoms with Crippen molar-refractivity contribution in [2.75, 3.05) is 0 Å². The van der Waals surface area contributed by atoms with E-state index in [1.165, 1.54) is 24.3 Å². The molecule has 0 bridgehead atoms. The second-order valence-electron chi connectivity index (χ2n) is 6.31. The van der Waals surface area contributed by atoms with Crippen LogP contribution in [0.2, 0.25) is 0 Å². The molecule has 0 saturated heterocycles. The van der Waals surface area contributed by atoms with Gasteiger partial charge in [-0.2, -0.15) is 0 Å². The van der Waals surface area contributed by atoms with Crippen LogP contribution in [0.3, 0.4) is 0 Å². The van der Waals surface area contributed by atoms with Crippen LogP contribution >= 0.6 is 23.1 Å². The van der Waals surface area contributed by atoms with Gasteiger partial charge in [-0.15, -0.1) is 11.3 Å². The molecule has 1 aromatic carbocycles. The maximum Gasteiger partial charge on any atom is 0.253 e. The van der Waals surface area contributed by atoms with Crippen LogP contribution in [0, 0.1) is 12.7 Å². The summed E-state index contributed by atoms with van der Waals surface area (Å²) in [6.07, 6.45) is 2.56. The molecule has 1 heterocycles. The van der Waals surface area contributed by atoms with Gasteiger partial charge < -0.3 is 10.4 Å². The third-order valence-electron chi connectivity index (χ3n) is 4.32. The van der Waals surface area contributed by atoms with Crippen molar-refractivity contribution in [1.29, 1.82) is 0 Å². The van der Waals surface area contributed by atoms with Gasteiger partial charge in [0.2, 0.25) is 0 Å². The smallest absolute Gasteiger partial charge is 0.253 e. The van der Waals surface area contributed by atoms with Gasteiger partial charge in [0.25, 0.3) is 5.91 Å². The Bertz CT molecular complexity index is 712. The van der Waals surface area contributed by atoms with Crippen LogP contribution in [0.5, 0.6) is 0 Å². The Morgan fingerprint density at radius 3 is 2.60 bits per heavy atom. The first-order valence-corrected chi connectivity index (χ1v) is 10.1. The summed E-state index contributed by atoms with van der Waals surface area (Å²) in [5.74, 6) is -0.805. The highest BCUT2D eigenvalue weighted by Crippen LogP contribution is 2.35. The van der Waals surface area contributed by atoms with Gasteiger partial charge in [-0.05, 0) is 50.3 Å². The SMILES string of the molecule is Cc1csc(SC2CCC(NC(=O)C(O)c3ccc(F)cc3)CC2)n1. The van der Waals surface area contributed by atoms with Crippen molar-refractivity contribution in [3.05, 3.63) is 46.7 Å². The Morgan fingerprint density at radius 1 is 1.32 bits per heavy atom. The molecule has 1 atom stereocenters. The molecule has 134 valence electrons. The van der Waals surface area contributed by atoms with Crippen molar-refractivity contribution in [1.82, 2.24) is 10.3 Å². The number of hydrogen-bond acceptors (Lipinski definition) is 5. The summed E-state index contributed by atoms with van der Waals surface area (Å²) in [5.41, 5.74) is 1.46. The van der Waals surface area contributed by atoms with Crippen LogP contribution < -0.4 is 5.32 Å². The summed E-state index contributed by atoms with van der Waals surface area (Å²) in [5, 5.41) is 15.6. The van der Waals surface area contributed by atoms with E-state index in [1.807, 2.05) is 18.7 Å². The summed E-state index contributed by atoms with van der Waals surface area (Å²) in [7, 11) is 0. The lowest BCUT2D eigenvalue weighted by molar-refractivity contribution is -0.130. The molecule has 2 N–H and O–H groups in total. The largest absolute Gasteiger partial charge is 0.378 e. The number of thioether (sulfide) groups is 1. The topological polar surface area (TPSA) is 62.2 Å². The summed E-state index contributed by atoms with van der Waals surface area (Å²) in [6, 6.07) is 5.44.